The summed E-state index contributed by atoms with van der Waals surface area (Å²) >= 11 is 0. The third kappa shape index (κ3) is 1.67. The molecule has 0 aromatic carbocycles. The topological polar surface area (TPSA) is 87.7 Å². The molecule has 0 atom stereocenters. The molecule has 5 nitrogen and oxygen atoms in total. The smallest absolute Gasteiger partial charge is 0.131 e. The molecule has 0 saturated heterocycles. The van der Waals surface area contributed by atoms with Gasteiger partial charge in [-0.3, -0.25) is 4.98 Å². The quantitative estimate of drug-likeness (QED) is 0.392. The zero-order chi connectivity index (χ0) is 8.10. The van der Waals surface area contributed by atoms with Gasteiger partial charge in [-0.05, 0) is 22.3 Å². The normalized spacial score (nSPS) is 8.82. The first-order chi connectivity index (χ1) is 5.38. The van der Waals surface area contributed by atoms with E-state index in [-0.39, 0.29) is 0 Å². The van der Waals surface area contributed by atoms with Crippen LogP contribution in [0.25, 0.3) is 10.4 Å². The second-order valence-electron chi connectivity index (χ2n) is 1.88. The van der Waals surface area contributed by atoms with Crippen molar-refractivity contribution in [3.05, 3.63) is 34.3 Å². The summed E-state index contributed by atoms with van der Waals surface area (Å²) in [5.74, 6) is 0.359. The summed E-state index contributed by atoms with van der Waals surface area (Å²) < 4.78 is 0. The van der Waals surface area contributed by atoms with Crippen molar-refractivity contribution in [2.24, 2.45) is 10.8 Å². The molecule has 1 aromatic rings. The number of nitrogens with two attached hydrogens (primary N) is 1. The van der Waals surface area contributed by atoms with E-state index in [4.69, 9.17) is 11.3 Å². The van der Waals surface area contributed by atoms with Crippen molar-refractivity contribution < 1.29 is 0 Å². The molecule has 11 heavy (non-hydrogen) atoms. The van der Waals surface area contributed by atoms with E-state index >= 15 is 0 Å². The lowest BCUT2D eigenvalue weighted by Crippen LogP contribution is -1.96. The molecule has 0 aliphatic rings. The molecule has 0 spiro atoms. The number of pyridine rings is 1. The van der Waals surface area contributed by atoms with Crippen LogP contribution in [0, 0.1) is 0 Å². The van der Waals surface area contributed by atoms with Crippen LogP contribution in [-0.2, 0) is 6.54 Å². The number of azide groups is 1. The first kappa shape index (κ1) is 7.53. The summed E-state index contributed by atoms with van der Waals surface area (Å²) in [5, 5.41) is 3.37. The van der Waals surface area contributed by atoms with Crippen LogP contribution in [0.1, 0.15) is 5.56 Å². The predicted octanol–water partition coefficient (Wildman–Crippen LogP) is 1.48. The molecule has 0 aliphatic heterocycles. The van der Waals surface area contributed by atoms with Crippen molar-refractivity contribution in [3.8, 4) is 0 Å². The Hall–Kier alpha value is -1.58. The average molecular weight is 149 g/mol. The maximum Gasteiger partial charge on any atom is 0.131 e. The highest BCUT2D eigenvalue weighted by Gasteiger charge is 1.95. The highest BCUT2D eigenvalue weighted by molar-refractivity contribution is 5.37. The van der Waals surface area contributed by atoms with Crippen molar-refractivity contribution in [2.45, 2.75) is 6.54 Å². The average Bonchev–Trinajstić information content (AvgIpc) is 2.06. The molecule has 1 heterocycles. The van der Waals surface area contributed by atoms with Crippen LogP contribution in [0.2, 0.25) is 0 Å². The van der Waals surface area contributed by atoms with E-state index in [9.17, 15) is 0 Å². The second kappa shape index (κ2) is 3.55. The minimum absolute atomic E-state index is 0.336. The summed E-state index contributed by atoms with van der Waals surface area (Å²) in [5.41, 5.74) is 14.2. The number of aromatic nitrogens is 1. The maximum absolute atomic E-state index is 8.12. The Morgan fingerprint density at radius 3 is 3.18 bits per heavy atom. The molecule has 0 amide bonds. The van der Waals surface area contributed by atoms with Gasteiger partial charge in [0, 0.05) is 17.7 Å². The molecule has 1 aromatic heterocycles. The minimum atomic E-state index is 0.336. The molecule has 0 bridgehead atoms. The molecule has 0 unspecified atom stereocenters. The van der Waals surface area contributed by atoms with Gasteiger partial charge in [-0.1, -0.05) is 6.07 Å². The van der Waals surface area contributed by atoms with Gasteiger partial charge in [-0.25, -0.2) is 0 Å². The molecule has 1 rings (SSSR count). The first-order valence-electron chi connectivity index (χ1n) is 3.07. The lowest BCUT2D eigenvalue weighted by Gasteiger charge is -1.97. The monoisotopic (exact) mass is 149 g/mol. The van der Waals surface area contributed by atoms with Gasteiger partial charge in [0.05, 0.1) is 0 Å². The molecule has 0 fully saturated rings. The highest BCUT2D eigenvalue weighted by atomic mass is 15.2. The van der Waals surface area contributed by atoms with E-state index in [1.807, 2.05) is 0 Å². The van der Waals surface area contributed by atoms with Crippen LogP contribution in [0.4, 0.5) is 5.82 Å². The van der Waals surface area contributed by atoms with Crippen molar-refractivity contribution in [2.75, 3.05) is 0 Å². The van der Waals surface area contributed by atoms with Crippen LogP contribution in [0.3, 0.4) is 0 Å². The number of rotatable bonds is 2. The van der Waals surface area contributed by atoms with E-state index in [0.717, 1.165) is 5.56 Å². The van der Waals surface area contributed by atoms with Crippen LogP contribution in [0.5, 0.6) is 0 Å². The van der Waals surface area contributed by atoms with E-state index in [1.165, 1.54) is 0 Å². The molecule has 0 aliphatic carbocycles. The Morgan fingerprint density at radius 2 is 2.55 bits per heavy atom. The third-order valence-electron chi connectivity index (χ3n) is 1.23. The molecule has 0 radical (unpaired) electrons. The summed E-state index contributed by atoms with van der Waals surface area (Å²) in [6, 6.07) is 3.52. The van der Waals surface area contributed by atoms with Crippen LogP contribution in [-0.4, -0.2) is 4.98 Å². The fourth-order valence-electron chi connectivity index (χ4n) is 0.722. The second-order valence-corrected chi connectivity index (χ2v) is 1.88. The van der Waals surface area contributed by atoms with Gasteiger partial charge < -0.3 is 5.73 Å². The summed E-state index contributed by atoms with van der Waals surface area (Å²) in [6.45, 7) is 0.336. The fourth-order valence-corrected chi connectivity index (χ4v) is 0.722. The lowest BCUT2D eigenvalue weighted by molar-refractivity contribution is 1.04. The largest absolute Gasteiger partial charge is 0.326 e. The van der Waals surface area contributed by atoms with Crippen molar-refractivity contribution in [1.29, 1.82) is 0 Å². The molecule has 0 saturated carbocycles. The molecule has 2 N–H and O–H groups in total. The Balaban J connectivity index is 3.11. The van der Waals surface area contributed by atoms with Crippen molar-refractivity contribution >= 4 is 5.82 Å². The van der Waals surface area contributed by atoms with Crippen molar-refractivity contribution in [3.63, 3.8) is 0 Å². The summed E-state index contributed by atoms with van der Waals surface area (Å²) in [6.07, 6.45) is 1.56. The zero-order valence-electron chi connectivity index (χ0n) is 5.81. The Morgan fingerprint density at radius 1 is 1.73 bits per heavy atom. The maximum atomic E-state index is 8.12. The van der Waals surface area contributed by atoms with Gasteiger partial charge in [0.25, 0.3) is 0 Å². The third-order valence-corrected chi connectivity index (χ3v) is 1.23. The van der Waals surface area contributed by atoms with Gasteiger partial charge in [0.2, 0.25) is 0 Å². The fraction of sp³-hybridized carbons (Fsp3) is 0.167. The number of nitrogens with zero attached hydrogens (tertiary/aromatic N) is 4. The molecular weight excluding hydrogens is 142 g/mol. The number of hydrogen-bond donors (Lipinski definition) is 1. The standard InChI is InChI=1S/C6H7N5/c7-4-5-2-1-3-9-6(5)10-11-8/h1-3H,4,7H2. The Bertz CT molecular complexity index is 289. The van der Waals surface area contributed by atoms with Gasteiger partial charge in [0.15, 0.2) is 0 Å². The molecular formula is C6H7N5. The lowest BCUT2D eigenvalue weighted by atomic mass is 10.2. The Labute approximate surface area is 63.5 Å². The van der Waals surface area contributed by atoms with Crippen LogP contribution in [0.15, 0.2) is 23.4 Å². The number of hydrogen-bond acceptors (Lipinski definition) is 3. The van der Waals surface area contributed by atoms with E-state index < -0.39 is 0 Å². The van der Waals surface area contributed by atoms with E-state index in [2.05, 4.69) is 15.0 Å². The SMILES string of the molecule is [N-]=[N+]=Nc1ncccc1CN. The zero-order valence-corrected chi connectivity index (χ0v) is 5.81. The summed E-state index contributed by atoms with van der Waals surface area (Å²) in [4.78, 5) is 6.46. The van der Waals surface area contributed by atoms with Gasteiger partial charge in [0.1, 0.15) is 5.82 Å². The van der Waals surface area contributed by atoms with Gasteiger partial charge in [-0.15, -0.1) is 0 Å². The van der Waals surface area contributed by atoms with Crippen molar-refractivity contribution in [1.82, 2.24) is 4.98 Å². The van der Waals surface area contributed by atoms with Crippen LogP contribution < -0.4 is 5.73 Å². The highest BCUT2D eigenvalue weighted by Crippen LogP contribution is 2.13. The van der Waals surface area contributed by atoms with Gasteiger partial charge >= 0.3 is 0 Å². The molecule has 5 heteroatoms. The predicted molar refractivity (Wildman–Crippen MR) is 40.9 cm³/mol. The Kier molecular flexibility index (Phi) is 2.43. The molecule has 56 valence electrons. The van der Waals surface area contributed by atoms with Crippen LogP contribution >= 0.6 is 0 Å². The van der Waals surface area contributed by atoms with E-state index in [0.29, 0.717) is 12.4 Å². The van der Waals surface area contributed by atoms with Gasteiger partial charge in [-0.2, -0.15) is 0 Å². The first-order valence-corrected chi connectivity index (χ1v) is 3.07. The van der Waals surface area contributed by atoms with E-state index in [1.54, 1.807) is 18.3 Å². The summed E-state index contributed by atoms with van der Waals surface area (Å²) in [7, 11) is 0. The minimum Gasteiger partial charge on any atom is -0.326 e.